The van der Waals surface area contributed by atoms with Gasteiger partial charge in [0.1, 0.15) is 0 Å². The molecule has 0 spiro atoms. The summed E-state index contributed by atoms with van der Waals surface area (Å²) in [5.74, 6) is 0. The molecule has 0 radical (unpaired) electrons. The van der Waals surface area contributed by atoms with Crippen molar-refractivity contribution in [3.63, 3.8) is 0 Å². The molecule has 2 heterocycles. The number of likely N-dealkylation sites (tertiary alicyclic amines) is 1. The topological polar surface area (TPSA) is 29.0 Å². The van der Waals surface area contributed by atoms with Crippen LogP contribution in [0.4, 0.5) is 0 Å². The van der Waals surface area contributed by atoms with Gasteiger partial charge in [0.25, 0.3) is 0 Å². The van der Waals surface area contributed by atoms with Crippen LogP contribution in [0.1, 0.15) is 37.6 Å². The summed E-state index contributed by atoms with van der Waals surface area (Å²) in [5.41, 5.74) is 3.87. The van der Waals surface area contributed by atoms with E-state index in [1.807, 2.05) is 37.3 Å². The molecular formula is C18H25N3. The summed E-state index contributed by atoms with van der Waals surface area (Å²) in [4.78, 5) is 11.4. The van der Waals surface area contributed by atoms with Crippen molar-refractivity contribution in [3.8, 4) is 0 Å². The first kappa shape index (κ1) is 15.6. The first-order valence-electron chi connectivity index (χ1n) is 7.79. The number of fused-ring (bicyclic) bond motifs is 1. The van der Waals surface area contributed by atoms with Crippen LogP contribution in [0.2, 0.25) is 0 Å². The van der Waals surface area contributed by atoms with Crippen molar-refractivity contribution >= 4 is 17.1 Å². The van der Waals surface area contributed by atoms with Crippen molar-refractivity contribution in [1.82, 2.24) is 14.9 Å². The minimum absolute atomic E-state index is 0.957. The van der Waals surface area contributed by atoms with Gasteiger partial charge in [0.15, 0.2) is 0 Å². The highest BCUT2D eigenvalue weighted by atomic mass is 15.1. The molecule has 3 heteroatoms. The van der Waals surface area contributed by atoms with Crippen molar-refractivity contribution in [3.05, 3.63) is 41.7 Å². The van der Waals surface area contributed by atoms with Crippen LogP contribution in [-0.2, 0) is 0 Å². The van der Waals surface area contributed by atoms with Gasteiger partial charge in [-0.1, -0.05) is 25.1 Å². The van der Waals surface area contributed by atoms with Crippen LogP contribution >= 0.6 is 0 Å². The average molecular weight is 283 g/mol. The number of hydrogen-bond acceptors (Lipinski definition) is 3. The van der Waals surface area contributed by atoms with E-state index in [1.54, 1.807) is 0 Å². The van der Waals surface area contributed by atoms with Crippen LogP contribution in [0.3, 0.4) is 0 Å². The zero-order chi connectivity index (χ0) is 15.1. The quantitative estimate of drug-likeness (QED) is 0.832. The van der Waals surface area contributed by atoms with E-state index in [0.717, 1.165) is 28.8 Å². The largest absolute Gasteiger partial charge is 0.306 e. The second kappa shape index (κ2) is 7.89. The maximum atomic E-state index is 4.56. The predicted molar refractivity (Wildman–Crippen MR) is 90.3 cm³/mol. The van der Waals surface area contributed by atoms with Gasteiger partial charge in [-0.2, -0.15) is 0 Å². The van der Waals surface area contributed by atoms with E-state index < -0.39 is 0 Å². The molecule has 1 saturated heterocycles. The molecule has 1 fully saturated rings. The van der Waals surface area contributed by atoms with Gasteiger partial charge >= 0.3 is 0 Å². The van der Waals surface area contributed by atoms with Crippen molar-refractivity contribution in [1.29, 1.82) is 0 Å². The molecule has 0 N–H and O–H groups in total. The first-order valence-corrected chi connectivity index (χ1v) is 7.79. The van der Waals surface area contributed by atoms with Gasteiger partial charge in [-0.25, -0.2) is 9.97 Å². The molecule has 3 nitrogen and oxygen atoms in total. The standard InChI is InChI=1S/C13H14N2.C5H11N/c1-3-4-7-11-10(2)14-12-8-5-6-9-13(12)15-11;1-6-4-2-3-5-6/h4-9H,3H2,1-2H3;2-5H2,1H3/b7-4+;. The minimum atomic E-state index is 0.957. The third kappa shape index (κ3) is 4.64. The number of benzene rings is 1. The van der Waals surface area contributed by atoms with Gasteiger partial charge in [-0.15, -0.1) is 0 Å². The second-order valence-corrected chi connectivity index (χ2v) is 5.50. The van der Waals surface area contributed by atoms with Gasteiger partial charge in [-0.05, 0) is 64.5 Å². The van der Waals surface area contributed by atoms with Gasteiger partial charge in [0, 0.05) is 0 Å². The predicted octanol–water partition coefficient (Wildman–Crippen LogP) is 4.07. The van der Waals surface area contributed by atoms with Crippen molar-refractivity contribution < 1.29 is 0 Å². The fourth-order valence-electron chi connectivity index (χ4n) is 2.36. The third-order valence-corrected chi connectivity index (χ3v) is 3.62. The summed E-state index contributed by atoms with van der Waals surface area (Å²) in [6.45, 7) is 6.75. The van der Waals surface area contributed by atoms with Gasteiger partial charge in [0.2, 0.25) is 0 Å². The van der Waals surface area contributed by atoms with E-state index in [4.69, 9.17) is 0 Å². The maximum Gasteiger partial charge on any atom is 0.0894 e. The molecule has 0 unspecified atom stereocenters. The zero-order valence-electron chi connectivity index (χ0n) is 13.3. The third-order valence-electron chi connectivity index (χ3n) is 3.62. The van der Waals surface area contributed by atoms with Gasteiger partial charge in [0.05, 0.1) is 22.4 Å². The number of para-hydroxylation sites is 2. The smallest absolute Gasteiger partial charge is 0.0894 e. The molecule has 1 aliphatic heterocycles. The summed E-state index contributed by atoms with van der Waals surface area (Å²) in [7, 11) is 2.17. The van der Waals surface area contributed by atoms with Crippen molar-refractivity contribution in [2.75, 3.05) is 20.1 Å². The number of rotatable bonds is 2. The van der Waals surface area contributed by atoms with Crippen LogP contribution in [0.25, 0.3) is 17.1 Å². The van der Waals surface area contributed by atoms with E-state index in [1.165, 1.54) is 25.9 Å². The normalized spacial score (nSPS) is 15.4. The Labute approximate surface area is 127 Å². The van der Waals surface area contributed by atoms with Crippen molar-refractivity contribution in [2.45, 2.75) is 33.1 Å². The number of aromatic nitrogens is 2. The summed E-state index contributed by atoms with van der Waals surface area (Å²) >= 11 is 0. The lowest BCUT2D eigenvalue weighted by Gasteiger charge is -2.01. The fourth-order valence-corrected chi connectivity index (χ4v) is 2.36. The Morgan fingerprint density at radius 2 is 1.71 bits per heavy atom. The monoisotopic (exact) mass is 283 g/mol. The summed E-state index contributed by atoms with van der Waals surface area (Å²) in [6, 6.07) is 7.95. The highest BCUT2D eigenvalue weighted by molar-refractivity contribution is 5.75. The Morgan fingerprint density at radius 3 is 2.24 bits per heavy atom. The highest BCUT2D eigenvalue weighted by Crippen LogP contribution is 2.13. The van der Waals surface area contributed by atoms with Gasteiger partial charge < -0.3 is 4.90 Å². The Kier molecular flexibility index (Phi) is 5.88. The van der Waals surface area contributed by atoms with Crippen LogP contribution in [0, 0.1) is 6.92 Å². The molecule has 0 amide bonds. The molecule has 2 aromatic rings. The number of aryl methyl sites for hydroxylation is 1. The molecule has 1 aromatic heterocycles. The van der Waals surface area contributed by atoms with Crippen LogP contribution in [0.15, 0.2) is 30.3 Å². The summed E-state index contributed by atoms with van der Waals surface area (Å²) < 4.78 is 0. The van der Waals surface area contributed by atoms with E-state index >= 15 is 0 Å². The Bertz CT molecular complexity index is 598. The second-order valence-electron chi connectivity index (χ2n) is 5.50. The molecule has 112 valence electrons. The summed E-state index contributed by atoms with van der Waals surface area (Å²) in [6.07, 6.45) is 7.99. The molecule has 0 bridgehead atoms. The number of allylic oxidation sites excluding steroid dienone is 1. The number of hydrogen-bond donors (Lipinski definition) is 0. The fraction of sp³-hybridized carbons (Fsp3) is 0.444. The lowest BCUT2D eigenvalue weighted by Crippen LogP contribution is -2.10. The van der Waals surface area contributed by atoms with Gasteiger partial charge in [-0.3, -0.25) is 0 Å². The molecule has 0 atom stereocenters. The minimum Gasteiger partial charge on any atom is -0.306 e. The lowest BCUT2D eigenvalue weighted by molar-refractivity contribution is 0.418. The van der Waals surface area contributed by atoms with Crippen LogP contribution in [0.5, 0.6) is 0 Å². The molecule has 3 rings (SSSR count). The molecule has 1 aliphatic rings. The SMILES string of the molecule is CC/C=C/c1nc2ccccc2nc1C.CN1CCCC1. The molecule has 0 aliphatic carbocycles. The first-order chi connectivity index (χ1) is 10.2. The Balaban J connectivity index is 0.000000225. The summed E-state index contributed by atoms with van der Waals surface area (Å²) in [5, 5.41) is 0. The van der Waals surface area contributed by atoms with E-state index in [0.29, 0.717) is 0 Å². The lowest BCUT2D eigenvalue weighted by atomic mass is 10.2. The highest BCUT2D eigenvalue weighted by Gasteiger charge is 2.03. The Hall–Kier alpha value is -1.74. The molecule has 0 saturated carbocycles. The Morgan fingerprint density at radius 1 is 1.10 bits per heavy atom. The van der Waals surface area contributed by atoms with Crippen LogP contribution in [-0.4, -0.2) is 35.0 Å². The van der Waals surface area contributed by atoms with E-state index in [-0.39, 0.29) is 0 Å². The zero-order valence-corrected chi connectivity index (χ0v) is 13.3. The molecule has 21 heavy (non-hydrogen) atoms. The molecular weight excluding hydrogens is 258 g/mol. The maximum absolute atomic E-state index is 4.56. The molecule has 1 aromatic carbocycles. The average Bonchev–Trinajstić information content (AvgIpc) is 2.97. The van der Waals surface area contributed by atoms with E-state index in [9.17, 15) is 0 Å². The van der Waals surface area contributed by atoms with E-state index in [2.05, 4.69) is 34.9 Å². The van der Waals surface area contributed by atoms with Crippen LogP contribution < -0.4 is 0 Å². The van der Waals surface area contributed by atoms with Crippen molar-refractivity contribution in [2.24, 2.45) is 0 Å². The number of nitrogens with zero attached hydrogens (tertiary/aromatic N) is 3.